The Labute approximate surface area is 102 Å². The number of hydrogen-bond donors (Lipinski definition) is 1. The standard InChI is InChI=1S/C15H17NO/c1-10-4-5-13(8-11(10)2)17-14-6-7-15(16)12(3)9-14/h4-9H,16H2,1-3H3. The summed E-state index contributed by atoms with van der Waals surface area (Å²) < 4.78 is 5.79. The molecule has 0 aromatic heterocycles. The number of nitrogen functional groups attached to an aromatic ring is 1. The molecule has 0 unspecified atom stereocenters. The summed E-state index contributed by atoms with van der Waals surface area (Å²) in [5.41, 5.74) is 10.1. The topological polar surface area (TPSA) is 35.2 Å². The minimum absolute atomic E-state index is 0.789. The number of anilines is 1. The quantitative estimate of drug-likeness (QED) is 0.787. The fourth-order valence-corrected chi connectivity index (χ4v) is 1.63. The maximum atomic E-state index is 5.79. The van der Waals surface area contributed by atoms with Crippen LogP contribution < -0.4 is 10.5 Å². The zero-order chi connectivity index (χ0) is 12.4. The van der Waals surface area contributed by atoms with Gasteiger partial charge in [-0.05, 0) is 67.8 Å². The van der Waals surface area contributed by atoms with Crippen molar-refractivity contribution in [3.05, 3.63) is 53.1 Å². The molecule has 0 heterocycles. The van der Waals surface area contributed by atoms with E-state index in [4.69, 9.17) is 10.5 Å². The molecular weight excluding hydrogens is 210 g/mol. The van der Waals surface area contributed by atoms with Crippen molar-refractivity contribution >= 4 is 5.69 Å². The number of aryl methyl sites for hydroxylation is 3. The molecule has 2 rings (SSSR count). The smallest absolute Gasteiger partial charge is 0.127 e. The lowest BCUT2D eigenvalue weighted by atomic mass is 10.1. The van der Waals surface area contributed by atoms with Gasteiger partial charge in [-0.15, -0.1) is 0 Å². The molecule has 0 saturated heterocycles. The van der Waals surface area contributed by atoms with E-state index in [2.05, 4.69) is 19.9 Å². The molecule has 0 atom stereocenters. The fourth-order valence-electron chi connectivity index (χ4n) is 1.63. The van der Waals surface area contributed by atoms with Crippen LogP contribution in [0.25, 0.3) is 0 Å². The number of benzene rings is 2. The van der Waals surface area contributed by atoms with Crippen LogP contribution in [0.2, 0.25) is 0 Å². The van der Waals surface area contributed by atoms with E-state index in [1.54, 1.807) is 0 Å². The lowest BCUT2D eigenvalue weighted by Gasteiger charge is -2.09. The van der Waals surface area contributed by atoms with Crippen LogP contribution in [-0.4, -0.2) is 0 Å². The maximum absolute atomic E-state index is 5.79. The second-order valence-electron chi connectivity index (χ2n) is 4.37. The van der Waals surface area contributed by atoms with Gasteiger partial charge in [0.2, 0.25) is 0 Å². The van der Waals surface area contributed by atoms with Gasteiger partial charge in [-0.3, -0.25) is 0 Å². The van der Waals surface area contributed by atoms with Crippen LogP contribution in [-0.2, 0) is 0 Å². The third kappa shape index (κ3) is 2.59. The molecule has 2 aromatic carbocycles. The minimum atomic E-state index is 0.789. The number of rotatable bonds is 2. The van der Waals surface area contributed by atoms with Crippen molar-refractivity contribution in [1.29, 1.82) is 0 Å². The van der Waals surface area contributed by atoms with Crippen molar-refractivity contribution < 1.29 is 4.74 Å². The van der Waals surface area contributed by atoms with Gasteiger partial charge in [0.15, 0.2) is 0 Å². The lowest BCUT2D eigenvalue weighted by Crippen LogP contribution is -1.91. The van der Waals surface area contributed by atoms with Crippen LogP contribution in [0, 0.1) is 20.8 Å². The largest absolute Gasteiger partial charge is 0.457 e. The van der Waals surface area contributed by atoms with Crippen LogP contribution in [0.3, 0.4) is 0 Å². The molecular formula is C15H17NO. The average Bonchev–Trinajstić information content (AvgIpc) is 2.29. The second-order valence-corrected chi connectivity index (χ2v) is 4.37. The number of hydrogen-bond acceptors (Lipinski definition) is 2. The van der Waals surface area contributed by atoms with E-state index in [0.717, 1.165) is 22.7 Å². The molecule has 2 nitrogen and oxygen atoms in total. The summed E-state index contributed by atoms with van der Waals surface area (Å²) in [4.78, 5) is 0. The van der Waals surface area contributed by atoms with Gasteiger partial charge < -0.3 is 10.5 Å². The summed E-state index contributed by atoms with van der Waals surface area (Å²) >= 11 is 0. The van der Waals surface area contributed by atoms with E-state index in [0.29, 0.717) is 0 Å². The molecule has 0 spiro atoms. The van der Waals surface area contributed by atoms with Gasteiger partial charge in [0.1, 0.15) is 11.5 Å². The van der Waals surface area contributed by atoms with Crippen molar-refractivity contribution in [1.82, 2.24) is 0 Å². The molecule has 0 amide bonds. The predicted molar refractivity (Wildman–Crippen MR) is 71.6 cm³/mol. The van der Waals surface area contributed by atoms with Crippen LogP contribution in [0.5, 0.6) is 11.5 Å². The van der Waals surface area contributed by atoms with E-state index < -0.39 is 0 Å². The minimum Gasteiger partial charge on any atom is -0.457 e. The van der Waals surface area contributed by atoms with E-state index in [-0.39, 0.29) is 0 Å². The van der Waals surface area contributed by atoms with Crippen LogP contribution in [0.15, 0.2) is 36.4 Å². The molecule has 0 fully saturated rings. The Morgan fingerprint density at radius 1 is 0.765 bits per heavy atom. The Morgan fingerprint density at radius 3 is 1.94 bits per heavy atom. The summed E-state index contributed by atoms with van der Waals surface area (Å²) in [6, 6.07) is 11.8. The molecule has 2 aromatic rings. The van der Waals surface area contributed by atoms with Crippen LogP contribution >= 0.6 is 0 Å². The van der Waals surface area contributed by atoms with Crippen molar-refractivity contribution in [3.8, 4) is 11.5 Å². The second kappa shape index (κ2) is 4.50. The van der Waals surface area contributed by atoms with Gasteiger partial charge in [0.25, 0.3) is 0 Å². The molecule has 0 bridgehead atoms. The fraction of sp³-hybridized carbons (Fsp3) is 0.200. The summed E-state index contributed by atoms with van der Waals surface area (Å²) in [6.07, 6.45) is 0. The van der Waals surface area contributed by atoms with E-state index in [1.165, 1.54) is 11.1 Å². The number of nitrogens with two attached hydrogens (primary N) is 1. The summed E-state index contributed by atoms with van der Waals surface area (Å²) in [7, 11) is 0. The molecule has 88 valence electrons. The third-order valence-electron chi connectivity index (χ3n) is 2.96. The van der Waals surface area contributed by atoms with Gasteiger partial charge in [0.05, 0.1) is 0 Å². The summed E-state index contributed by atoms with van der Waals surface area (Å²) in [5.74, 6) is 1.68. The van der Waals surface area contributed by atoms with Crippen LogP contribution in [0.1, 0.15) is 16.7 Å². The van der Waals surface area contributed by atoms with Gasteiger partial charge in [-0.25, -0.2) is 0 Å². The molecule has 0 radical (unpaired) electrons. The highest BCUT2D eigenvalue weighted by Gasteiger charge is 2.01. The lowest BCUT2D eigenvalue weighted by molar-refractivity contribution is 0.482. The first-order chi connectivity index (χ1) is 8.06. The first-order valence-electron chi connectivity index (χ1n) is 5.67. The summed E-state index contributed by atoms with van der Waals surface area (Å²) in [6.45, 7) is 6.14. The number of ether oxygens (including phenoxy) is 1. The highest BCUT2D eigenvalue weighted by atomic mass is 16.5. The molecule has 2 heteroatoms. The molecule has 2 N–H and O–H groups in total. The van der Waals surface area contributed by atoms with E-state index in [1.807, 2.05) is 37.3 Å². The maximum Gasteiger partial charge on any atom is 0.127 e. The monoisotopic (exact) mass is 227 g/mol. The normalized spacial score (nSPS) is 10.3. The van der Waals surface area contributed by atoms with Gasteiger partial charge >= 0.3 is 0 Å². The third-order valence-corrected chi connectivity index (χ3v) is 2.96. The molecule has 0 aliphatic carbocycles. The highest BCUT2D eigenvalue weighted by Crippen LogP contribution is 2.26. The van der Waals surface area contributed by atoms with Crippen molar-refractivity contribution in [3.63, 3.8) is 0 Å². The van der Waals surface area contributed by atoms with Crippen LogP contribution in [0.4, 0.5) is 5.69 Å². The Kier molecular flexibility index (Phi) is 3.05. The highest BCUT2D eigenvalue weighted by molar-refractivity contribution is 5.50. The molecule has 17 heavy (non-hydrogen) atoms. The van der Waals surface area contributed by atoms with E-state index in [9.17, 15) is 0 Å². The van der Waals surface area contributed by atoms with Crippen molar-refractivity contribution in [2.24, 2.45) is 0 Å². The first kappa shape index (κ1) is 11.5. The predicted octanol–water partition coefficient (Wildman–Crippen LogP) is 3.99. The van der Waals surface area contributed by atoms with Gasteiger partial charge in [-0.1, -0.05) is 6.07 Å². The van der Waals surface area contributed by atoms with Gasteiger partial charge in [-0.2, -0.15) is 0 Å². The summed E-state index contributed by atoms with van der Waals surface area (Å²) in [5, 5.41) is 0. The Hall–Kier alpha value is -1.96. The van der Waals surface area contributed by atoms with Gasteiger partial charge in [0, 0.05) is 5.69 Å². The zero-order valence-electron chi connectivity index (χ0n) is 10.4. The molecule has 0 saturated carbocycles. The van der Waals surface area contributed by atoms with Crippen molar-refractivity contribution in [2.45, 2.75) is 20.8 Å². The zero-order valence-corrected chi connectivity index (χ0v) is 10.4. The molecule has 0 aliphatic heterocycles. The average molecular weight is 227 g/mol. The van der Waals surface area contributed by atoms with Crippen molar-refractivity contribution in [2.75, 3.05) is 5.73 Å². The Balaban J connectivity index is 2.25. The SMILES string of the molecule is Cc1ccc(Oc2ccc(N)c(C)c2)cc1C. The first-order valence-corrected chi connectivity index (χ1v) is 5.67. The Morgan fingerprint density at radius 2 is 1.35 bits per heavy atom. The Bertz CT molecular complexity index is 497. The molecule has 0 aliphatic rings. The van der Waals surface area contributed by atoms with E-state index >= 15 is 0 Å².